The zero-order chi connectivity index (χ0) is 13.5. The van der Waals surface area contributed by atoms with Crippen LogP contribution in [-0.2, 0) is 11.3 Å². The average Bonchev–Trinajstić information content (AvgIpc) is 2.40. The van der Waals surface area contributed by atoms with Crippen molar-refractivity contribution in [3.63, 3.8) is 0 Å². The molecule has 0 saturated carbocycles. The minimum Gasteiger partial charge on any atom is -1.00 e. The third kappa shape index (κ3) is 5.20. The van der Waals surface area contributed by atoms with E-state index in [2.05, 4.69) is 10.5 Å². The van der Waals surface area contributed by atoms with Gasteiger partial charge in [-0.15, -0.1) is 0 Å². The zero-order valence-corrected chi connectivity index (χ0v) is 11.9. The van der Waals surface area contributed by atoms with E-state index in [9.17, 15) is 4.79 Å². The first-order valence-corrected chi connectivity index (χ1v) is 6.07. The summed E-state index contributed by atoms with van der Waals surface area (Å²) >= 11 is 0. The maximum atomic E-state index is 11.6. The number of aromatic nitrogens is 1. The number of nitrogens with one attached hydrogen (secondary N) is 1. The molecule has 1 aromatic carbocycles. The summed E-state index contributed by atoms with van der Waals surface area (Å²) in [4.78, 5) is 11.6. The second-order valence-corrected chi connectivity index (χ2v) is 4.26. The second kappa shape index (κ2) is 8.07. The second-order valence-electron chi connectivity index (χ2n) is 4.26. The first-order chi connectivity index (χ1) is 9.24. The van der Waals surface area contributed by atoms with Crippen molar-refractivity contribution in [2.45, 2.75) is 13.5 Å². The molecule has 0 radical (unpaired) electrons. The molecule has 1 N–H and O–H groups in total. The average molecular weight is 290 g/mol. The lowest BCUT2D eigenvalue weighted by atomic mass is 10.2. The normalized spacial score (nSPS) is 10.1. The molecule has 1 amide bonds. The Morgan fingerprint density at radius 2 is 2.00 bits per heavy atom. The Morgan fingerprint density at radius 1 is 1.25 bits per heavy atom. The highest BCUT2D eigenvalue weighted by Gasteiger charge is 2.06. The maximum absolute atomic E-state index is 11.6. The van der Waals surface area contributed by atoms with Gasteiger partial charge in [-0.1, -0.05) is 35.9 Å². The Kier molecular flexibility index (Phi) is 6.40. The van der Waals surface area contributed by atoms with Crippen molar-refractivity contribution in [3.8, 4) is 0 Å². The fourth-order valence-electron chi connectivity index (χ4n) is 1.67. The lowest BCUT2D eigenvalue weighted by Crippen LogP contribution is -3.00. The van der Waals surface area contributed by atoms with E-state index in [1.165, 1.54) is 0 Å². The Labute approximate surface area is 124 Å². The highest BCUT2D eigenvalue weighted by molar-refractivity contribution is 5.82. The van der Waals surface area contributed by atoms with Gasteiger partial charge < -0.3 is 12.4 Å². The van der Waals surface area contributed by atoms with Crippen LogP contribution in [0.15, 0.2) is 60.0 Å². The van der Waals surface area contributed by atoms with Gasteiger partial charge in [0.15, 0.2) is 12.4 Å². The molecule has 2 rings (SSSR count). The lowest BCUT2D eigenvalue weighted by Gasteiger charge is -1.97. The van der Waals surface area contributed by atoms with Gasteiger partial charge in [-0.05, 0) is 12.5 Å². The molecular formula is C15H16ClN3O. The van der Waals surface area contributed by atoms with Crippen LogP contribution < -0.4 is 22.4 Å². The lowest BCUT2D eigenvalue weighted by molar-refractivity contribution is -0.684. The number of amides is 1. The third-order valence-electron chi connectivity index (χ3n) is 2.55. The fourth-order valence-corrected chi connectivity index (χ4v) is 1.67. The molecule has 0 aliphatic carbocycles. The van der Waals surface area contributed by atoms with Gasteiger partial charge in [0.1, 0.15) is 0 Å². The van der Waals surface area contributed by atoms with E-state index in [0.29, 0.717) is 0 Å². The molecule has 0 saturated heterocycles. The third-order valence-corrected chi connectivity index (χ3v) is 2.55. The molecule has 0 spiro atoms. The molecule has 0 fully saturated rings. The van der Waals surface area contributed by atoms with Crippen LogP contribution >= 0.6 is 0 Å². The van der Waals surface area contributed by atoms with Crippen LogP contribution in [0.1, 0.15) is 11.1 Å². The Morgan fingerprint density at radius 3 is 2.70 bits per heavy atom. The Hall–Kier alpha value is -2.20. The predicted molar refractivity (Wildman–Crippen MR) is 73.6 cm³/mol. The van der Waals surface area contributed by atoms with Crippen LogP contribution in [-0.4, -0.2) is 12.1 Å². The summed E-state index contributed by atoms with van der Waals surface area (Å²) in [5.41, 5.74) is 4.64. The van der Waals surface area contributed by atoms with Gasteiger partial charge >= 0.3 is 5.91 Å². The molecule has 0 atom stereocenters. The molecule has 0 aliphatic rings. The summed E-state index contributed by atoms with van der Waals surface area (Å²) < 4.78 is 1.79. The number of carbonyl (C=O) groups is 1. The first-order valence-electron chi connectivity index (χ1n) is 6.07. The molecule has 2 aromatic rings. The number of rotatable bonds is 4. The summed E-state index contributed by atoms with van der Waals surface area (Å²) in [5, 5.41) is 3.94. The topological polar surface area (TPSA) is 45.3 Å². The molecular weight excluding hydrogens is 274 g/mol. The monoisotopic (exact) mass is 289 g/mol. The molecule has 5 heteroatoms. The summed E-state index contributed by atoms with van der Waals surface area (Å²) in [5.74, 6) is -0.153. The number of carbonyl (C=O) groups excluding carboxylic acids is 1. The number of hydrogen-bond donors (Lipinski definition) is 1. The van der Waals surface area contributed by atoms with E-state index in [1.807, 2.05) is 61.8 Å². The molecule has 4 nitrogen and oxygen atoms in total. The number of nitrogens with zero attached hydrogens (tertiary/aromatic N) is 2. The molecule has 104 valence electrons. The van der Waals surface area contributed by atoms with Crippen molar-refractivity contribution in [2.24, 2.45) is 5.10 Å². The SMILES string of the molecule is Cc1cccc(/C=N/NC(=O)C[n+]2ccccc2)c1.[Cl-]. The number of halogens is 1. The largest absolute Gasteiger partial charge is 1.00 e. The highest BCUT2D eigenvalue weighted by atomic mass is 35.5. The maximum Gasteiger partial charge on any atom is 0.305 e. The van der Waals surface area contributed by atoms with Crippen LogP contribution in [0.3, 0.4) is 0 Å². The van der Waals surface area contributed by atoms with Crippen LogP contribution in [0.4, 0.5) is 0 Å². The molecule has 1 heterocycles. The zero-order valence-electron chi connectivity index (χ0n) is 11.2. The standard InChI is InChI=1S/C15H15N3O.ClH/c1-13-6-5-7-14(10-13)11-16-17-15(19)12-18-8-3-2-4-9-18;/h2-11H,12H2,1H3;1H/b16-11+;. The smallest absolute Gasteiger partial charge is 0.305 e. The summed E-state index contributed by atoms with van der Waals surface area (Å²) in [7, 11) is 0. The van der Waals surface area contributed by atoms with Crippen molar-refractivity contribution >= 4 is 12.1 Å². The summed E-state index contributed by atoms with van der Waals surface area (Å²) in [6, 6.07) is 13.6. The summed E-state index contributed by atoms with van der Waals surface area (Å²) in [6.07, 6.45) is 5.31. The summed E-state index contributed by atoms with van der Waals surface area (Å²) in [6.45, 7) is 2.27. The van der Waals surface area contributed by atoms with E-state index in [0.717, 1.165) is 11.1 Å². The van der Waals surface area contributed by atoms with E-state index >= 15 is 0 Å². The van der Waals surface area contributed by atoms with E-state index < -0.39 is 0 Å². The Bertz CT molecular complexity index is 585. The number of pyridine rings is 1. The van der Waals surface area contributed by atoms with Crippen molar-refractivity contribution < 1.29 is 21.8 Å². The molecule has 0 bridgehead atoms. The van der Waals surface area contributed by atoms with Crippen molar-refractivity contribution in [3.05, 3.63) is 66.0 Å². The highest BCUT2D eigenvalue weighted by Crippen LogP contribution is 2.00. The molecule has 1 aromatic heterocycles. The van der Waals surface area contributed by atoms with E-state index in [1.54, 1.807) is 10.8 Å². The van der Waals surface area contributed by atoms with Crippen LogP contribution in [0.25, 0.3) is 0 Å². The van der Waals surface area contributed by atoms with E-state index in [4.69, 9.17) is 0 Å². The van der Waals surface area contributed by atoms with Crippen LogP contribution in [0, 0.1) is 6.92 Å². The van der Waals surface area contributed by atoms with Gasteiger partial charge in [-0.2, -0.15) is 9.67 Å². The van der Waals surface area contributed by atoms with Crippen molar-refractivity contribution in [1.29, 1.82) is 0 Å². The predicted octanol–water partition coefficient (Wildman–Crippen LogP) is -1.56. The first kappa shape index (κ1) is 15.9. The number of hydrazone groups is 1. The fraction of sp³-hybridized carbons (Fsp3) is 0.133. The number of aryl methyl sites for hydroxylation is 1. The van der Waals surface area contributed by atoms with Crippen molar-refractivity contribution in [1.82, 2.24) is 5.43 Å². The quantitative estimate of drug-likeness (QED) is 0.413. The minimum atomic E-state index is -0.153. The molecule has 20 heavy (non-hydrogen) atoms. The molecule has 0 aliphatic heterocycles. The Balaban J connectivity index is 0.00000200. The number of hydrogen-bond acceptors (Lipinski definition) is 2. The van der Waals surface area contributed by atoms with Gasteiger partial charge in [-0.3, -0.25) is 4.79 Å². The van der Waals surface area contributed by atoms with Gasteiger partial charge in [0.2, 0.25) is 6.54 Å². The molecule has 0 unspecified atom stereocenters. The van der Waals surface area contributed by atoms with Crippen molar-refractivity contribution in [2.75, 3.05) is 0 Å². The van der Waals surface area contributed by atoms with Crippen LogP contribution in [0.5, 0.6) is 0 Å². The van der Waals surface area contributed by atoms with Gasteiger partial charge in [0.05, 0.1) is 6.21 Å². The van der Waals surface area contributed by atoms with Crippen LogP contribution in [0.2, 0.25) is 0 Å². The number of benzene rings is 1. The van der Waals surface area contributed by atoms with Gasteiger partial charge in [-0.25, -0.2) is 5.43 Å². The van der Waals surface area contributed by atoms with E-state index in [-0.39, 0.29) is 24.9 Å². The van der Waals surface area contributed by atoms with Gasteiger partial charge in [0, 0.05) is 12.1 Å². The minimum absolute atomic E-state index is 0. The van der Waals surface area contributed by atoms with Gasteiger partial charge in [0.25, 0.3) is 0 Å².